The maximum atomic E-state index is 6.06. The predicted molar refractivity (Wildman–Crippen MR) is 137 cm³/mol. The standard InChI is InChI=1S/C27H34N2O2.ClH/c1-30-27-15-7-6-14-25(27)29-20-18-28(19-21-29)17-8-2-3-9-22-31-26-16-10-12-23-11-4-5-13-24(23)26;/h4-7,10-16H,2-3,8-9,17-22H2,1H3;1H. The lowest BCUT2D eigenvalue weighted by Crippen LogP contribution is -2.46. The molecule has 0 radical (unpaired) electrons. The van der Waals surface area contributed by atoms with Crippen LogP contribution in [0, 0.1) is 0 Å². The van der Waals surface area contributed by atoms with E-state index >= 15 is 0 Å². The van der Waals surface area contributed by atoms with Crippen LogP contribution in [-0.4, -0.2) is 51.3 Å². The van der Waals surface area contributed by atoms with Crippen molar-refractivity contribution in [3.8, 4) is 11.5 Å². The first kappa shape index (κ1) is 24.2. The lowest BCUT2D eigenvalue weighted by atomic mass is 10.1. The van der Waals surface area contributed by atoms with Crippen molar-refractivity contribution in [2.75, 3.05) is 51.3 Å². The van der Waals surface area contributed by atoms with Crippen LogP contribution in [0.2, 0.25) is 0 Å². The Kier molecular flexibility index (Phi) is 9.51. The Morgan fingerprint density at radius 1 is 0.719 bits per heavy atom. The Morgan fingerprint density at radius 2 is 1.41 bits per heavy atom. The number of anilines is 1. The van der Waals surface area contributed by atoms with Gasteiger partial charge < -0.3 is 14.4 Å². The lowest BCUT2D eigenvalue weighted by molar-refractivity contribution is 0.249. The molecule has 1 aliphatic rings. The van der Waals surface area contributed by atoms with E-state index in [1.165, 1.54) is 42.3 Å². The van der Waals surface area contributed by atoms with E-state index in [4.69, 9.17) is 9.47 Å². The number of rotatable bonds is 10. The number of methoxy groups -OCH3 is 1. The summed E-state index contributed by atoms with van der Waals surface area (Å²) < 4.78 is 11.6. The number of halogens is 1. The molecule has 0 aromatic heterocycles. The van der Waals surface area contributed by atoms with Crippen LogP contribution < -0.4 is 14.4 Å². The van der Waals surface area contributed by atoms with Crippen molar-refractivity contribution in [1.82, 2.24) is 4.90 Å². The minimum Gasteiger partial charge on any atom is -0.495 e. The largest absolute Gasteiger partial charge is 0.495 e. The molecule has 3 aromatic rings. The molecule has 0 bridgehead atoms. The molecule has 0 aliphatic carbocycles. The van der Waals surface area contributed by atoms with Crippen molar-refractivity contribution < 1.29 is 9.47 Å². The molecule has 1 fully saturated rings. The van der Waals surface area contributed by atoms with Gasteiger partial charge in [-0.15, -0.1) is 12.4 Å². The number of hydrogen-bond donors (Lipinski definition) is 0. The van der Waals surface area contributed by atoms with Crippen LogP contribution in [-0.2, 0) is 0 Å². The number of ether oxygens (including phenoxy) is 2. The second-order valence-electron chi connectivity index (χ2n) is 8.24. The van der Waals surface area contributed by atoms with Crippen LogP contribution in [0.1, 0.15) is 25.7 Å². The predicted octanol–water partition coefficient (Wildman–Crippen LogP) is 6.03. The molecule has 0 unspecified atom stereocenters. The number of para-hydroxylation sites is 2. The van der Waals surface area contributed by atoms with E-state index in [1.807, 2.05) is 12.1 Å². The summed E-state index contributed by atoms with van der Waals surface area (Å²) in [6.45, 7) is 6.39. The Labute approximate surface area is 198 Å². The zero-order chi connectivity index (χ0) is 21.3. The SMILES string of the molecule is COc1ccccc1N1CCN(CCCCCCOc2cccc3ccccc23)CC1.Cl. The van der Waals surface area contributed by atoms with Crippen LogP contribution in [0.4, 0.5) is 5.69 Å². The summed E-state index contributed by atoms with van der Waals surface area (Å²) in [5, 5.41) is 2.45. The first-order valence-electron chi connectivity index (χ1n) is 11.6. The minimum atomic E-state index is 0. The van der Waals surface area contributed by atoms with Crippen molar-refractivity contribution in [3.63, 3.8) is 0 Å². The Bertz CT molecular complexity index is 952. The molecule has 0 spiro atoms. The van der Waals surface area contributed by atoms with Gasteiger partial charge in [0.05, 0.1) is 19.4 Å². The van der Waals surface area contributed by atoms with Crippen LogP contribution in [0.15, 0.2) is 66.7 Å². The van der Waals surface area contributed by atoms with Crippen LogP contribution in [0.3, 0.4) is 0 Å². The number of piperazine rings is 1. The fourth-order valence-corrected chi connectivity index (χ4v) is 4.40. The van der Waals surface area contributed by atoms with Crippen molar-refractivity contribution in [1.29, 1.82) is 0 Å². The van der Waals surface area contributed by atoms with Crippen molar-refractivity contribution in [2.45, 2.75) is 25.7 Å². The van der Waals surface area contributed by atoms with Crippen LogP contribution >= 0.6 is 12.4 Å². The summed E-state index contributed by atoms with van der Waals surface area (Å²) in [5.74, 6) is 1.98. The third kappa shape index (κ3) is 6.30. The molecule has 32 heavy (non-hydrogen) atoms. The Morgan fingerprint density at radius 3 is 2.25 bits per heavy atom. The molecule has 1 heterocycles. The number of unbranched alkanes of at least 4 members (excludes halogenated alkanes) is 3. The van der Waals surface area contributed by atoms with E-state index in [0.29, 0.717) is 0 Å². The topological polar surface area (TPSA) is 24.9 Å². The number of hydrogen-bond acceptors (Lipinski definition) is 4. The van der Waals surface area contributed by atoms with E-state index in [9.17, 15) is 0 Å². The maximum absolute atomic E-state index is 6.06. The molecule has 1 aliphatic heterocycles. The van der Waals surface area contributed by atoms with E-state index in [0.717, 1.165) is 50.7 Å². The normalized spacial score (nSPS) is 14.2. The summed E-state index contributed by atoms with van der Waals surface area (Å²) in [4.78, 5) is 5.04. The highest BCUT2D eigenvalue weighted by Gasteiger charge is 2.18. The van der Waals surface area contributed by atoms with E-state index < -0.39 is 0 Å². The summed E-state index contributed by atoms with van der Waals surface area (Å²) in [5.41, 5.74) is 1.22. The van der Waals surface area contributed by atoms with Gasteiger partial charge in [-0.05, 0) is 43.0 Å². The van der Waals surface area contributed by atoms with Gasteiger partial charge in [-0.25, -0.2) is 0 Å². The molecule has 0 atom stereocenters. The van der Waals surface area contributed by atoms with Crippen LogP contribution in [0.5, 0.6) is 11.5 Å². The molecular weight excluding hydrogens is 420 g/mol. The van der Waals surface area contributed by atoms with E-state index in [-0.39, 0.29) is 12.4 Å². The van der Waals surface area contributed by atoms with Crippen molar-refractivity contribution in [3.05, 3.63) is 66.7 Å². The average Bonchev–Trinajstić information content (AvgIpc) is 2.84. The first-order valence-corrected chi connectivity index (χ1v) is 11.6. The number of fused-ring (bicyclic) bond motifs is 1. The van der Waals surface area contributed by atoms with Gasteiger partial charge in [0, 0.05) is 31.6 Å². The van der Waals surface area contributed by atoms with Gasteiger partial charge >= 0.3 is 0 Å². The third-order valence-corrected chi connectivity index (χ3v) is 6.17. The molecule has 1 saturated heterocycles. The van der Waals surface area contributed by atoms with E-state index in [2.05, 4.69) is 64.4 Å². The van der Waals surface area contributed by atoms with Crippen molar-refractivity contribution in [2.24, 2.45) is 0 Å². The van der Waals surface area contributed by atoms with Gasteiger partial charge in [-0.2, -0.15) is 0 Å². The minimum absolute atomic E-state index is 0. The Hall–Kier alpha value is -2.43. The second-order valence-corrected chi connectivity index (χ2v) is 8.24. The quantitative estimate of drug-likeness (QED) is 0.349. The van der Waals surface area contributed by atoms with Crippen LogP contribution in [0.25, 0.3) is 10.8 Å². The molecule has 0 amide bonds. The number of benzene rings is 3. The molecule has 0 saturated carbocycles. The zero-order valence-corrected chi connectivity index (χ0v) is 19.9. The van der Waals surface area contributed by atoms with Gasteiger partial charge in [0.2, 0.25) is 0 Å². The molecule has 3 aromatic carbocycles. The van der Waals surface area contributed by atoms with Crippen molar-refractivity contribution >= 4 is 28.9 Å². The fraction of sp³-hybridized carbons (Fsp3) is 0.407. The fourth-order valence-electron chi connectivity index (χ4n) is 4.40. The summed E-state index contributed by atoms with van der Waals surface area (Å²) in [7, 11) is 1.75. The highest BCUT2D eigenvalue weighted by Crippen LogP contribution is 2.28. The van der Waals surface area contributed by atoms with Gasteiger partial charge in [0.1, 0.15) is 11.5 Å². The smallest absolute Gasteiger partial charge is 0.142 e. The second kappa shape index (κ2) is 12.6. The van der Waals surface area contributed by atoms with Gasteiger partial charge in [0.15, 0.2) is 0 Å². The van der Waals surface area contributed by atoms with Gasteiger partial charge in [-0.3, -0.25) is 4.90 Å². The first-order chi connectivity index (χ1) is 15.3. The highest BCUT2D eigenvalue weighted by molar-refractivity contribution is 5.88. The Balaban J connectivity index is 0.00000289. The zero-order valence-electron chi connectivity index (χ0n) is 19.0. The monoisotopic (exact) mass is 454 g/mol. The summed E-state index contributed by atoms with van der Waals surface area (Å²) in [6, 6.07) is 23.0. The summed E-state index contributed by atoms with van der Waals surface area (Å²) >= 11 is 0. The highest BCUT2D eigenvalue weighted by atomic mass is 35.5. The molecule has 172 valence electrons. The average molecular weight is 455 g/mol. The molecule has 5 heteroatoms. The van der Waals surface area contributed by atoms with Gasteiger partial charge in [0.25, 0.3) is 0 Å². The molecular formula is C27H35ClN2O2. The molecule has 0 N–H and O–H groups in total. The third-order valence-electron chi connectivity index (χ3n) is 6.17. The molecule has 4 nitrogen and oxygen atoms in total. The number of nitrogens with zero attached hydrogens (tertiary/aromatic N) is 2. The van der Waals surface area contributed by atoms with E-state index in [1.54, 1.807) is 7.11 Å². The summed E-state index contributed by atoms with van der Waals surface area (Å²) in [6.07, 6.45) is 4.88. The maximum Gasteiger partial charge on any atom is 0.142 e. The van der Waals surface area contributed by atoms with Gasteiger partial charge in [-0.1, -0.05) is 61.4 Å². The lowest BCUT2D eigenvalue weighted by Gasteiger charge is -2.36. The molecule has 4 rings (SSSR count).